The molecule has 27 heavy (non-hydrogen) atoms. The van der Waals surface area contributed by atoms with E-state index in [1.165, 1.54) is 0 Å². The van der Waals surface area contributed by atoms with Gasteiger partial charge in [-0.15, -0.1) is 0 Å². The van der Waals surface area contributed by atoms with Crippen molar-refractivity contribution in [1.82, 2.24) is 10.6 Å². The van der Waals surface area contributed by atoms with Gasteiger partial charge in [0.05, 0.1) is 6.07 Å². The van der Waals surface area contributed by atoms with Crippen molar-refractivity contribution in [3.63, 3.8) is 0 Å². The number of nitrogens with zero attached hydrogens (tertiary/aromatic N) is 1. The van der Waals surface area contributed by atoms with Crippen LogP contribution in [0.3, 0.4) is 0 Å². The first-order valence-electron chi connectivity index (χ1n) is 9.87. The SMILES string of the molecule is CC(C)(C)C1CCC(C#N)(NC(=O)c2ccc(C(=O)NC3CC3)cc2)CC1. The van der Waals surface area contributed by atoms with Crippen LogP contribution < -0.4 is 10.6 Å². The first-order valence-corrected chi connectivity index (χ1v) is 9.87. The van der Waals surface area contributed by atoms with Gasteiger partial charge in [-0.1, -0.05) is 20.8 Å². The van der Waals surface area contributed by atoms with E-state index in [0.717, 1.165) is 25.7 Å². The van der Waals surface area contributed by atoms with E-state index >= 15 is 0 Å². The number of carbonyl (C=O) groups excluding carboxylic acids is 2. The number of carbonyl (C=O) groups is 2. The Labute approximate surface area is 161 Å². The average Bonchev–Trinajstić information content (AvgIpc) is 3.45. The largest absolute Gasteiger partial charge is 0.349 e. The minimum atomic E-state index is -0.791. The molecule has 3 rings (SSSR count). The molecular formula is C22H29N3O2. The van der Waals surface area contributed by atoms with Crippen LogP contribution in [0.1, 0.15) is 80.0 Å². The van der Waals surface area contributed by atoms with Gasteiger partial charge in [0.2, 0.25) is 0 Å². The average molecular weight is 367 g/mol. The number of nitriles is 1. The van der Waals surface area contributed by atoms with Crippen molar-refractivity contribution >= 4 is 11.8 Å². The van der Waals surface area contributed by atoms with Gasteiger partial charge in [0.15, 0.2) is 0 Å². The van der Waals surface area contributed by atoms with Gasteiger partial charge < -0.3 is 10.6 Å². The predicted molar refractivity (Wildman–Crippen MR) is 104 cm³/mol. The monoisotopic (exact) mass is 367 g/mol. The van der Waals surface area contributed by atoms with Crippen molar-refractivity contribution in [2.24, 2.45) is 11.3 Å². The fourth-order valence-electron chi connectivity index (χ4n) is 3.80. The normalized spacial score (nSPS) is 25.3. The molecule has 1 aromatic carbocycles. The number of benzene rings is 1. The van der Waals surface area contributed by atoms with Crippen LogP contribution >= 0.6 is 0 Å². The number of amides is 2. The van der Waals surface area contributed by atoms with Crippen molar-refractivity contribution < 1.29 is 9.59 Å². The van der Waals surface area contributed by atoms with Crippen LogP contribution in [-0.4, -0.2) is 23.4 Å². The standard InChI is InChI=1S/C22H29N3O2/c1-21(2,3)17-10-12-22(14-23,13-11-17)25-20(27)16-6-4-15(5-7-16)19(26)24-18-8-9-18/h4-7,17-18H,8-13H2,1-3H3,(H,24,26)(H,25,27). The molecule has 2 fully saturated rings. The van der Waals surface area contributed by atoms with Crippen molar-refractivity contribution in [3.05, 3.63) is 35.4 Å². The van der Waals surface area contributed by atoms with Gasteiger partial charge in [-0.05, 0) is 74.1 Å². The first-order chi connectivity index (χ1) is 12.7. The Hall–Kier alpha value is -2.35. The van der Waals surface area contributed by atoms with Crippen molar-refractivity contribution in [2.75, 3.05) is 0 Å². The van der Waals surface area contributed by atoms with Crippen molar-refractivity contribution in [1.29, 1.82) is 5.26 Å². The zero-order chi connectivity index (χ0) is 19.7. The summed E-state index contributed by atoms with van der Waals surface area (Å²) in [5, 5.41) is 15.6. The van der Waals surface area contributed by atoms with E-state index in [0.29, 0.717) is 35.9 Å². The van der Waals surface area contributed by atoms with E-state index in [4.69, 9.17) is 0 Å². The van der Waals surface area contributed by atoms with Crippen molar-refractivity contribution in [3.8, 4) is 6.07 Å². The van der Waals surface area contributed by atoms with Crippen LogP contribution in [0.5, 0.6) is 0 Å². The molecule has 0 bridgehead atoms. The third kappa shape index (κ3) is 4.68. The summed E-state index contributed by atoms with van der Waals surface area (Å²) < 4.78 is 0. The molecule has 1 aromatic rings. The maximum atomic E-state index is 12.7. The molecule has 0 heterocycles. The highest BCUT2D eigenvalue weighted by molar-refractivity contribution is 5.98. The quantitative estimate of drug-likeness (QED) is 0.849. The fourth-order valence-corrected chi connectivity index (χ4v) is 3.80. The minimum absolute atomic E-state index is 0.0987. The molecule has 0 aliphatic heterocycles. The summed E-state index contributed by atoms with van der Waals surface area (Å²) in [6.45, 7) is 6.70. The molecular weight excluding hydrogens is 338 g/mol. The summed E-state index contributed by atoms with van der Waals surface area (Å²) >= 11 is 0. The number of rotatable bonds is 4. The molecule has 0 atom stereocenters. The predicted octanol–water partition coefficient (Wildman–Crippen LogP) is 3.81. The lowest BCUT2D eigenvalue weighted by Gasteiger charge is -2.40. The van der Waals surface area contributed by atoms with Gasteiger partial charge in [0.1, 0.15) is 5.54 Å². The van der Waals surface area contributed by atoms with Crippen LogP contribution in [0.25, 0.3) is 0 Å². The Balaban J connectivity index is 1.62. The second-order valence-electron chi connectivity index (χ2n) is 9.11. The molecule has 144 valence electrons. The zero-order valence-corrected chi connectivity index (χ0v) is 16.5. The van der Waals surface area contributed by atoms with Gasteiger partial charge in [-0.3, -0.25) is 9.59 Å². The number of nitrogens with one attached hydrogen (secondary N) is 2. The minimum Gasteiger partial charge on any atom is -0.349 e. The van der Waals surface area contributed by atoms with E-state index in [-0.39, 0.29) is 17.2 Å². The molecule has 5 nitrogen and oxygen atoms in total. The van der Waals surface area contributed by atoms with Gasteiger partial charge in [-0.2, -0.15) is 5.26 Å². The van der Waals surface area contributed by atoms with E-state index in [1.807, 2.05) is 0 Å². The maximum absolute atomic E-state index is 12.7. The highest BCUT2D eigenvalue weighted by atomic mass is 16.2. The molecule has 2 amide bonds. The smallest absolute Gasteiger partial charge is 0.252 e. The van der Waals surface area contributed by atoms with Gasteiger partial charge in [-0.25, -0.2) is 0 Å². The Morgan fingerprint density at radius 1 is 1.00 bits per heavy atom. The van der Waals surface area contributed by atoms with Crippen LogP contribution in [0, 0.1) is 22.7 Å². The molecule has 0 unspecified atom stereocenters. The van der Waals surface area contributed by atoms with E-state index in [1.54, 1.807) is 24.3 Å². The lowest BCUT2D eigenvalue weighted by Crippen LogP contribution is -2.50. The molecule has 0 aromatic heterocycles. The second-order valence-corrected chi connectivity index (χ2v) is 9.11. The van der Waals surface area contributed by atoms with E-state index < -0.39 is 5.54 Å². The highest BCUT2D eigenvalue weighted by Crippen LogP contribution is 2.41. The molecule has 2 saturated carbocycles. The van der Waals surface area contributed by atoms with Crippen LogP contribution in [0.15, 0.2) is 24.3 Å². The van der Waals surface area contributed by atoms with E-state index in [9.17, 15) is 14.9 Å². The maximum Gasteiger partial charge on any atom is 0.252 e. The topological polar surface area (TPSA) is 82.0 Å². The molecule has 2 N–H and O–H groups in total. The third-order valence-electron chi connectivity index (χ3n) is 5.95. The highest BCUT2D eigenvalue weighted by Gasteiger charge is 2.40. The summed E-state index contributed by atoms with van der Waals surface area (Å²) in [6.07, 6.45) is 5.32. The molecule has 2 aliphatic rings. The van der Waals surface area contributed by atoms with Gasteiger partial charge in [0.25, 0.3) is 11.8 Å². The third-order valence-corrected chi connectivity index (χ3v) is 5.95. The molecule has 0 spiro atoms. The summed E-state index contributed by atoms with van der Waals surface area (Å²) in [7, 11) is 0. The Bertz CT molecular complexity index is 743. The number of hydrogen-bond donors (Lipinski definition) is 2. The molecule has 5 heteroatoms. The lowest BCUT2D eigenvalue weighted by molar-refractivity contribution is 0.0854. The van der Waals surface area contributed by atoms with Crippen LogP contribution in [-0.2, 0) is 0 Å². The Morgan fingerprint density at radius 2 is 1.52 bits per heavy atom. The molecule has 0 saturated heterocycles. The Kier molecular flexibility index (Phi) is 5.28. The first kappa shape index (κ1) is 19.4. The summed E-state index contributed by atoms with van der Waals surface area (Å²) in [6, 6.07) is 9.31. The van der Waals surface area contributed by atoms with Crippen LogP contribution in [0.4, 0.5) is 0 Å². The molecule has 2 aliphatic carbocycles. The fraction of sp³-hybridized carbons (Fsp3) is 0.591. The van der Waals surface area contributed by atoms with Crippen molar-refractivity contribution in [2.45, 2.75) is 70.9 Å². The second kappa shape index (κ2) is 7.34. The summed E-state index contributed by atoms with van der Waals surface area (Å²) in [4.78, 5) is 24.7. The molecule has 0 radical (unpaired) electrons. The van der Waals surface area contributed by atoms with E-state index in [2.05, 4.69) is 37.5 Å². The van der Waals surface area contributed by atoms with Gasteiger partial charge in [0, 0.05) is 17.2 Å². The summed E-state index contributed by atoms with van der Waals surface area (Å²) in [5.74, 6) is 0.221. The Morgan fingerprint density at radius 3 is 1.96 bits per heavy atom. The van der Waals surface area contributed by atoms with Crippen LogP contribution in [0.2, 0.25) is 0 Å². The lowest BCUT2D eigenvalue weighted by atomic mass is 9.67. The number of hydrogen-bond acceptors (Lipinski definition) is 3. The summed E-state index contributed by atoms with van der Waals surface area (Å²) in [5.41, 5.74) is 0.466. The van der Waals surface area contributed by atoms with Gasteiger partial charge >= 0.3 is 0 Å². The zero-order valence-electron chi connectivity index (χ0n) is 16.5.